The number of amides is 2. The van der Waals surface area contributed by atoms with E-state index in [4.69, 9.17) is 5.73 Å². The second-order valence-corrected chi connectivity index (χ2v) is 3.93. The zero-order chi connectivity index (χ0) is 12.9. The van der Waals surface area contributed by atoms with Crippen LogP contribution >= 0.6 is 12.4 Å². The van der Waals surface area contributed by atoms with E-state index in [0.717, 1.165) is 0 Å². The molecule has 100 valence electrons. The van der Waals surface area contributed by atoms with Gasteiger partial charge in [-0.2, -0.15) is 0 Å². The molecule has 1 atom stereocenters. The van der Waals surface area contributed by atoms with Gasteiger partial charge in [0.2, 0.25) is 11.8 Å². The van der Waals surface area contributed by atoms with Gasteiger partial charge in [-0.1, -0.05) is 30.3 Å². The first-order valence-electron chi connectivity index (χ1n) is 5.31. The minimum Gasteiger partial charge on any atom is -0.367 e. The average Bonchev–Trinajstić information content (AvgIpc) is 2.30. The number of nitrogens with one attached hydrogen (secondary N) is 2. The maximum Gasteiger partial charge on any atom is 0.247 e. The summed E-state index contributed by atoms with van der Waals surface area (Å²) < 4.78 is 0. The van der Waals surface area contributed by atoms with Crippen molar-refractivity contribution in [2.45, 2.75) is 12.5 Å². The molecule has 0 aliphatic carbocycles. The number of hydrogen-bond donors (Lipinski definition) is 3. The monoisotopic (exact) mass is 271 g/mol. The van der Waals surface area contributed by atoms with E-state index in [2.05, 4.69) is 10.6 Å². The first kappa shape index (κ1) is 16.4. The van der Waals surface area contributed by atoms with Gasteiger partial charge in [0.1, 0.15) is 5.54 Å². The second-order valence-electron chi connectivity index (χ2n) is 3.93. The van der Waals surface area contributed by atoms with Crippen LogP contribution in [-0.2, 0) is 15.1 Å². The van der Waals surface area contributed by atoms with Crippen LogP contribution in [0.5, 0.6) is 0 Å². The van der Waals surface area contributed by atoms with Crippen molar-refractivity contribution in [3.05, 3.63) is 35.9 Å². The lowest BCUT2D eigenvalue weighted by Gasteiger charge is -2.28. The number of halogens is 1. The molecule has 1 unspecified atom stereocenters. The van der Waals surface area contributed by atoms with E-state index in [9.17, 15) is 9.59 Å². The Hall–Kier alpha value is -1.59. The molecule has 5 nitrogen and oxygen atoms in total. The van der Waals surface area contributed by atoms with Crippen LogP contribution in [0.4, 0.5) is 0 Å². The minimum absolute atomic E-state index is 0. The molecule has 0 saturated carbocycles. The van der Waals surface area contributed by atoms with Crippen molar-refractivity contribution < 1.29 is 9.59 Å². The molecule has 2 amide bonds. The zero-order valence-corrected chi connectivity index (χ0v) is 11.2. The Labute approximate surface area is 113 Å². The topological polar surface area (TPSA) is 84.2 Å². The lowest BCUT2D eigenvalue weighted by atomic mass is 9.91. The van der Waals surface area contributed by atoms with Gasteiger partial charge >= 0.3 is 0 Å². The lowest BCUT2D eigenvalue weighted by Crippen LogP contribution is -2.54. The number of nitrogens with two attached hydrogens (primary N) is 1. The maximum atomic E-state index is 11.6. The lowest BCUT2D eigenvalue weighted by molar-refractivity contribution is -0.130. The van der Waals surface area contributed by atoms with E-state index in [1.54, 1.807) is 38.2 Å². The highest BCUT2D eigenvalue weighted by atomic mass is 35.5. The molecular formula is C12H18ClN3O2. The molecule has 0 radical (unpaired) electrons. The molecule has 0 aromatic heterocycles. The Morgan fingerprint density at radius 2 is 1.83 bits per heavy atom. The fraction of sp³-hybridized carbons (Fsp3) is 0.333. The summed E-state index contributed by atoms with van der Waals surface area (Å²) in [4.78, 5) is 23.1. The molecule has 1 aromatic carbocycles. The van der Waals surface area contributed by atoms with Crippen LogP contribution in [0, 0.1) is 0 Å². The maximum absolute atomic E-state index is 11.6. The molecule has 0 spiro atoms. The molecule has 0 saturated heterocycles. The van der Waals surface area contributed by atoms with E-state index in [0.29, 0.717) is 5.56 Å². The summed E-state index contributed by atoms with van der Waals surface area (Å²) in [5.41, 5.74) is 4.85. The highest BCUT2D eigenvalue weighted by Crippen LogP contribution is 2.19. The van der Waals surface area contributed by atoms with Crippen molar-refractivity contribution in [1.29, 1.82) is 0 Å². The largest absolute Gasteiger partial charge is 0.367 e. The van der Waals surface area contributed by atoms with Gasteiger partial charge < -0.3 is 16.4 Å². The summed E-state index contributed by atoms with van der Waals surface area (Å²) in [6.45, 7) is 1.73. The first-order valence-corrected chi connectivity index (χ1v) is 5.31. The molecule has 0 heterocycles. The number of carbonyl (C=O) groups excluding carboxylic acids is 2. The van der Waals surface area contributed by atoms with Gasteiger partial charge in [-0.25, -0.2) is 0 Å². The van der Waals surface area contributed by atoms with Crippen molar-refractivity contribution in [2.24, 2.45) is 5.73 Å². The van der Waals surface area contributed by atoms with Crippen LogP contribution < -0.4 is 16.4 Å². The van der Waals surface area contributed by atoms with E-state index in [-0.39, 0.29) is 24.9 Å². The molecule has 0 fully saturated rings. The van der Waals surface area contributed by atoms with Crippen LogP contribution in [0.25, 0.3) is 0 Å². The fourth-order valence-electron chi connectivity index (χ4n) is 1.53. The Morgan fingerprint density at radius 3 is 2.28 bits per heavy atom. The number of hydrogen-bond acceptors (Lipinski definition) is 3. The molecule has 0 aliphatic rings. The normalized spacial score (nSPS) is 13.0. The molecule has 0 bridgehead atoms. The molecular weight excluding hydrogens is 254 g/mol. The van der Waals surface area contributed by atoms with Crippen molar-refractivity contribution in [3.8, 4) is 0 Å². The number of benzene rings is 1. The van der Waals surface area contributed by atoms with Crippen LogP contribution in [0.3, 0.4) is 0 Å². The first-order chi connectivity index (χ1) is 8.00. The van der Waals surface area contributed by atoms with Gasteiger partial charge in [0.25, 0.3) is 0 Å². The summed E-state index contributed by atoms with van der Waals surface area (Å²) in [7, 11) is 1.66. The van der Waals surface area contributed by atoms with Crippen LogP contribution in [-0.4, -0.2) is 25.4 Å². The van der Waals surface area contributed by atoms with Gasteiger partial charge in [0.05, 0.1) is 6.54 Å². The van der Waals surface area contributed by atoms with Crippen molar-refractivity contribution in [2.75, 3.05) is 13.6 Å². The Balaban J connectivity index is 0.00000289. The third kappa shape index (κ3) is 3.72. The van der Waals surface area contributed by atoms with Gasteiger partial charge in [-0.05, 0) is 19.5 Å². The summed E-state index contributed by atoms with van der Waals surface area (Å²) >= 11 is 0. The number of rotatable bonds is 5. The average molecular weight is 272 g/mol. The van der Waals surface area contributed by atoms with Crippen LogP contribution in [0.15, 0.2) is 30.3 Å². The summed E-state index contributed by atoms with van der Waals surface area (Å²) in [5.74, 6) is -0.870. The molecule has 18 heavy (non-hydrogen) atoms. The predicted molar refractivity (Wildman–Crippen MR) is 72.3 cm³/mol. The SMILES string of the molecule is CNCC(=O)NC(C)(C(N)=O)c1ccccc1.Cl. The van der Waals surface area contributed by atoms with Gasteiger partial charge in [-0.15, -0.1) is 12.4 Å². The van der Waals surface area contributed by atoms with E-state index >= 15 is 0 Å². The van der Waals surface area contributed by atoms with Gasteiger partial charge in [0, 0.05) is 0 Å². The van der Waals surface area contributed by atoms with Gasteiger partial charge in [0.15, 0.2) is 0 Å². The number of primary amides is 1. The van der Waals surface area contributed by atoms with Gasteiger partial charge in [-0.3, -0.25) is 9.59 Å². The molecule has 6 heteroatoms. The Bertz CT molecular complexity index is 411. The van der Waals surface area contributed by atoms with Crippen LogP contribution in [0.1, 0.15) is 12.5 Å². The second kappa shape index (κ2) is 6.98. The summed E-state index contributed by atoms with van der Waals surface area (Å²) in [6, 6.07) is 8.93. The third-order valence-corrected chi connectivity index (χ3v) is 2.57. The number of likely N-dealkylation sites (N-methyl/N-ethyl adjacent to an activating group) is 1. The summed E-state index contributed by atoms with van der Waals surface area (Å²) in [5, 5.41) is 5.35. The third-order valence-electron chi connectivity index (χ3n) is 2.57. The molecule has 4 N–H and O–H groups in total. The van der Waals surface area contributed by atoms with Crippen LogP contribution in [0.2, 0.25) is 0 Å². The smallest absolute Gasteiger partial charge is 0.247 e. The predicted octanol–water partition coefficient (Wildman–Crippen LogP) is 0.145. The molecule has 0 aliphatic heterocycles. The minimum atomic E-state index is -1.19. The highest BCUT2D eigenvalue weighted by Gasteiger charge is 2.34. The van der Waals surface area contributed by atoms with E-state index < -0.39 is 11.4 Å². The molecule has 1 aromatic rings. The number of carbonyl (C=O) groups is 2. The molecule has 1 rings (SSSR count). The van der Waals surface area contributed by atoms with Crippen molar-refractivity contribution in [3.63, 3.8) is 0 Å². The van der Waals surface area contributed by atoms with Crippen molar-refractivity contribution >= 4 is 24.2 Å². The highest BCUT2D eigenvalue weighted by molar-refractivity contribution is 5.91. The van der Waals surface area contributed by atoms with E-state index in [1.807, 2.05) is 6.07 Å². The standard InChI is InChI=1S/C12H17N3O2.ClH/c1-12(11(13)17,15-10(16)8-14-2)9-6-4-3-5-7-9;/h3-7,14H,8H2,1-2H3,(H2,13,17)(H,15,16);1H. The summed E-state index contributed by atoms with van der Waals surface area (Å²) in [6.07, 6.45) is 0. The Kier molecular flexibility index (Phi) is 6.36. The quantitative estimate of drug-likeness (QED) is 0.712. The van der Waals surface area contributed by atoms with E-state index in [1.165, 1.54) is 0 Å². The Morgan fingerprint density at radius 1 is 1.28 bits per heavy atom. The van der Waals surface area contributed by atoms with Crippen molar-refractivity contribution in [1.82, 2.24) is 10.6 Å². The zero-order valence-electron chi connectivity index (χ0n) is 10.4. The fourth-order valence-corrected chi connectivity index (χ4v) is 1.53.